The second kappa shape index (κ2) is 7.96. The van der Waals surface area contributed by atoms with Crippen LogP contribution in [-0.4, -0.2) is 56.6 Å². The lowest BCUT2D eigenvalue weighted by Crippen LogP contribution is -2.48. The number of carbonyl (C=O) groups is 1. The molecule has 0 bridgehead atoms. The molecule has 0 aliphatic carbocycles. The highest BCUT2D eigenvalue weighted by atomic mass is 35.5. The molecule has 0 atom stereocenters. The molecular formula is C18H17ClFN3O5S. The molecule has 11 heteroatoms. The number of carbonyl (C=O) groups excluding carboxylic acids is 1. The van der Waals surface area contributed by atoms with E-state index < -0.39 is 26.3 Å². The topological polar surface area (TPSA) is 101 Å². The lowest BCUT2D eigenvalue weighted by atomic mass is 10.1. The van der Waals surface area contributed by atoms with Crippen molar-refractivity contribution < 1.29 is 22.5 Å². The number of halogens is 2. The minimum atomic E-state index is -3.79. The summed E-state index contributed by atoms with van der Waals surface area (Å²) in [6.07, 6.45) is 0.919. The van der Waals surface area contributed by atoms with Crippen molar-refractivity contribution in [2.45, 2.75) is 4.90 Å². The predicted molar refractivity (Wildman–Crippen MR) is 106 cm³/mol. The quantitative estimate of drug-likeness (QED) is 0.534. The van der Waals surface area contributed by atoms with Crippen molar-refractivity contribution >= 4 is 38.7 Å². The minimum absolute atomic E-state index is 0.0330. The zero-order chi connectivity index (χ0) is 21.3. The molecule has 1 saturated heterocycles. The first-order valence-electron chi connectivity index (χ1n) is 8.55. The van der Waals surface area contributed by atoms with Crippen LogP contribution in [-0.2, 0) is 9.84 Å². The smallest absolute Gasteiger partial charge is 0.288 e. The number of amides is 1. The maximum atomic E-state index is 13.2. The predicted octanol–water partition coefficient (Wildman–Crippen LogP) is 2.75. The number of hydrogen-bond acceptors (Lipinski definition) is 6. The molecule has 2 aromatic rings. The van der Waals surface area contributed by atoms with Crippen LogP contribution in [0.25, 0.3) is 0 Å². The van der Waals surface area contributed by atoms with Crippen LogP contribution in [0.5, 0.6) is 0 Å². The summed E-state index contributed by atoms with van der Waals surface area (Å²) in [5, 5.41) is 11.1. The molecule has 0 radical (unpaired) electrons. The summed E-state index contributed by atoms with van der Waals surface area (Å²) in [6, 6.07) is 7.51. The van der Waals surface area contributed by atoms with Gasteiger partial charge >= 0.3 is 0 Å². The van der Waals surface area contributed by atoms with Crippen molar-refractivity contribution in [1.29, 1.82) is 0 Å². The number of piperazine rings is 1. The number of anilines is 1. The average Bonchev–Trinajstić information content (AvgIpc) is 2.66. The molecule has 8 nitrogen and oxygen atoms in total. The molecule has 1 fully saturated rings. The Morgan fingerprint density at radius 3 is 2.34 bits per heavy atom. The molecule has 1 heterocycles. The van der Waals surface area contributed by atoms with Crippen molar-refractivity contribution in [1.82, 2.24) is 4.90 Å². The van der Waals surface area contributed by atoms with E-state index in [-0.39, 0.29) is 21.4 Å². The Hall–Kier alpha value is -2.72. The van der Waals surface area contributed by atoms with Gasteiger partial charge in [-0.3, -0.25) is 14.9 Å². The maximum absolute atomic E-state index is 13.2. The third-order valence-corrected chi connectivity index (χ3v) is 6.07. The lowest BCUT2D eigenvalue weighted by Gasteiger charge is -2.36. The van der Waals surface area contributed by atoms with E-state index in [4.69, 9.17) is 11.6 Å². The number of nitro groups is 1. The van der Waals surface area contributed by atoms with Crippen LogP contribution in [0.4, 0.5) is 15.8 Å². The fourth-order valence-electron chi connectivity index (χ4n) is 3.15. The fourth-order valence-corrected chi connectivity index (χ4v) is 4.25. The molecule has 1 aliphatic heterocycles. The zero-order valence-corrected chi connectivity index (χ0v) is 16.9. The van der Waals surface area contributed by atoms with Gasteiger partial charge in [0, 0.05) is 44.2 Å². The molecule has 0 aromatic heterocycles. The number of nitrogens with zero attached hydrogens (tertiary/aromatic N) is 3. The maximum Gasteiger partial charge on any atom is 0.288 e. The van der Waals surface area contributed by atoms with Gasteiger partial charge in [0.15, 0.2) is 9.84 Å². The number of sulfone groups is 1. The summed E-state index contributed by atoms with van der Waals surface area (Å²) in [5.41, 5.74) is 0.246. The van der Waals surface area contributed by atoms with E-state index in [1.54, 1.807) is 4.90 Å². The van der Waals surface area contributed by atoms with Crippen LogP contribution in [0.15, 0.2) is 41.3 Å². The summed E-state index contributed by atoms with van der Waals surface area (Å²) < 4.78 is 37.1. The summed E-state index contributed by atoms with van der Waals surface area (Å²) >= 11 is 5.96. The Bertz CT molecular complexity index is 1080. The molecule has 0 unspecified atom stereocenters. The van der Waals surface area contributed by atoms with Gasteiger partial charge in [-0.2, -0.15) is 0 Å². The van der Waals surface area contributed by atoms with Gasteiger partial charge < -0.3 is 9.80 Å². The SMILES string of the molecule is CS(=O)(=O)c1cc(N2CCN(C(=O)c3ccc(F)cc3Cl)CC2)ccc1[N+](=O)[O-]. The van der Waals surface area contributed by atoms with E-state index in [9.17, 15) is 27.7 Å². The van der Waals surface area contributed by atoms with Crippen molar-refractivity contribution in [3.63, 3.8) is 0 Å². The van der Waals surface area contributed by atoms with E-state index in [2.05, 4.69) is 0 Å². The lowest BCUT2D eigenvalue weighted by molar-refractivity contribution is -0.387. The Morgan fingerprint density at radius 1 is 1.14 bits per heavy atom. The largest absolute Gasteiger partial charge is 0.368 e. The zero-order valence-electron chi connectivity index (χ0n) is 15.3. The molecule has 29 heavy (non-hydrogen) atoms. The molecule has 3 rings (SSSR count). The molecular weight excluding hydrogens is 425 g/mol. The van der Waals surface area contributed by atoms with E-state index >= 15 is 0 Å². The van der Waals surface area contributed by atoms with Crippen molar-refractivity contribution in [2.24, 2.45) is 0 Å². The first-order valence-corrected chi connectivity index (χ1v) is 10.8. The third-order valence-electron chi connectivity index (χ3n) is 4.63. The highest BCUT2D eigenvalue weighted by Gasteiger charge is 2.27. The van der Waals surface area contributed by atoms with Gasteiger partial charge in [-0.05, 0) is 30.3 Å². The summed E-state index contributed by atoms with van der Waals surface area (Å²) in [4.78, 5) is 26.1. The van der Waals surface area contributed by atoms with Gasteiger partial charge in [0.25, 0.3) is 11.6 Å². The summed E-state index contributed by atoms with van der Waals surface area (Å²) in [7, 11) is -3.79. The monoisotopic (exact) mass is 441 g/mol. The van der Waals surface area contributed by atoms with Gasteiger partial charge in [-0.15, -0.1) is 0 Å². The normalized spacial score (nSPS) is 14.7. The highest BCUT2D eigenvalue weighted by Crippen LogP contribution is 2.29. The summed E-state index contributed by atoms with van der Waals surface area (Å²) in [5.74, 6) is -0.855. The average molecular weight is 442 g/mol. The summed E-state index contributed by atoms with van der Waals surface area (Å²) in [6.45, 7) is 1.45. The number of rotatable bonds is 4. The number of nitro benzene ring substituents is 1. The minimum Gasteiger partial charge on any atom is -0.368 e. The highest BCUT2D eigenvalue weighted by molar-refractivity contribution is 7.90. The third kappa shape index (κ3) is 4.48. The van der Waals surface area contributed by atoms with Gasteiger partial charge in [-0.25, -0.2) is 12.8 Å². The molecule has 0 N–H and O–H groups in total. The van der Waals surface area contributed by atoms with Crippen molar-refractivity contribution in [2.75, 3.05) is 37.3 Å². The van der Waals surface area contributed by atoms with Crippen LogP contribution in [0.3, 0.4) is 0 Å². The van der Waals surface area contributed by atoms with Crippen molar-refractivity contribution in [3.05, 3.63) is 62.9 Å². The number of benzene rings is 2. The fraction of sp³-hybridized carbons (Fsp3) is 0.278. The van der Waals surface area contributed by atoms with Crippen molar-refractivity contribution in [3.8, 4) is 0 Å². The second-order valence-electron chi connectivity index (χ2n) is 6.58. The first-order chi connectivity index (χ1) is 13.6. The molecule has 1 aliphatic rings. The van der Waals surface area contributed by atoms with Crippen LogP contribution < -0.4 is 4.90 Å². The van der Waals surface area contributed by atoms with E-state index in [1.165, 1.54) is 30.3 Å². The van der Waals surface area contributed by atoms with Gasteiger partial charge in [0.2, 0.25) is 0 Å². The van der Waals surface area contributed by atoms with E-state index in [0.29, 0.717) is 31.9 Å². The Labute approximate surface area is 171 Å². The standard InChI is InChI=1S/C18H17ClFN3O5S/c1-29(27,28)17-11-13(3-5-16(17)23(25)26)21-6-8-22(9-7-21)18(24)14-4-2-12(20)10-15(14)19/h2-5,10-11H,6-9H2,1H3. The second-order valence-corrected chi connectivity index (χ2v) is 8.98. The van der Waals surface area contributed by atoms with Gasteiger partial charge in [-0.1, -0.05) is 11.6 Å². The molecule has 154 valence electrons. The molecule has 0 spiro atoms. The Kier molecular flexibility index (Phi) is 5.76. The number of hydrogen-bond donors (Lipinski definition) is 0. The molecule has 0 saturated carbocycles. The van der Waals surface area contributed by atoms with Crippen LogP contribution in [0.2, 0.25) is 5.02 Å². The molecule has 2 aromatic carbocycles. The van der Waals surface area contributed by atoms with E-state index in [0.717, 1.165) is 12.3 Å². The van der Waals surface area contributed by atoms with Gasteiger partial charge in [0.05, 0.1) is 15.5 Å². The van der Waals surface area contributed by atoms with Crippen LogP contribution in [0.1, 0.15) is 10.4 Å². The Morgan fingerprint density at radius 2 is 1.79 bits per heavy atom. The molecule has 1 amide bonds. The van der Waals surface area contributed by atoms with E-state index in [1.807, 2.05) is 4.90 Å². The van der Waals surface area contributed by atoms with Crippen LogP contribution in [0, 0.1) is 15.9 Å². The van der Waals surface area contributed by atoms with Crippen LogP contribution >= 0.6 is 11.6 Å². The first kappa shape index (κ1) is 21.0. The Balaban J connectivity index is 1.77. The van der Waals surface area contributed by atoms with Gasteiger partial charge in [0.1, 0.15) is 10.7 Å².